The highest BCUT2D eigenvalue weighted by atomic mass is 35.5. The van der Waals surface area contributed by atoms with Gasteiger partial charge in [-0.15, -0.1) is 0 Å². The molecule has 2 N–H and O–H groups in total. The van der Waals surface area contributed by atoms with Gasteiger partial charge in [-0.2, -0.15) is 0 Å². The minimum Gasteiger partial charge on any atom is -0.335 e. The zero-order valence-electron chi connectivity index (χ0n) is 17.3. The summed E-state index contributed by atoms with van der Waals surface area (Å²) in [4.78, 5) is 42.2. The Hall–Kier alpha value is -2.84. The first-order valence-electron chi connectivity index (χ1n) is 10.5. The van der Waals surface area contributed by atoms with Crippen molar-refractivity contribution in [1.29, 1.82) is 0 Å². The van der Waals surface area contributed by atoms with Crippen molar-refractivity contribution in [3.05, 3.63) is 69.5 Å². The molecule has 1 heterocycles. The third-order valence-corrected chi connectivity index (χ3v) is 6.73. The molecule has 1 aliphatic rings. The van der Waals surface area contributed by atoms with Gasteiger partial charge in [-0.1, -0.05) is 66.5 Å². The normalized spacial score (nSPS) is 13.9. The monoisotopic (exact) mass is 470 g/mol. The number of carbonyl (C=O) groups excluding carboxylic acids is 2. The molecular formula is C23H23ClN4O3S. The highest BCUT2D eigenvalue weighted by Gasteiger charge is 2.19. The molecule has 0 bridgehead atoms. The van der Waals surface area contributed by atoms with E-state index >= 15 is 0 Å². The second-order valence-electron chi connectivity index (χ2n) is 7.69. The first-order valence-corrected chi connectivity index (χ1v) is 11.8. The number of thioether (sulfide) groups is 1. The Morgan fingerprint density at radius 2 is 1.81 bits per heavy atom. The lowest BCUT2D eigenvalue weighted by Crippen LogP contribution is -2.44. The van der Waals surface area contributed by atoms with E-state index in [-0.39, 0.29) is 23.9 Å². The summed E-state index contributed by atoms with van der Waals surface area (Å²) >= 11 is 7.41. The number of nitrogens with zero attached hydrogens (tertiary/aromatic N) is 2. The summed E-state index contributed by atoms with van der Waals surface area (Å²) in [5.41, 5.74) is 1.11. The van der Waals surface area contributed by atoms with Gasteiger partial charge in [-0.05, 0) is 36.6 Å². The van der Waals surface area contributed by atoms with E-state index in [0.29, 0.717) is 21.1 Å². The van der Waals surface area contributed by atoms with Crippen molar-refractivity contribution >= 4 is 46.2 Å². The van der Waals surface area contributed by atoms with E-state index in [1.807, 2.05) is 24.3 Å². The van der Waals surface area contributed by atoms with Crippen LogP contribution >= 0.6 is 23.4 Å². The van der Waals surface area contributed by atoms with Crippen LogP contribution in [0.15, 0.2) is 58.5 Å². The topological polar surface area (TPSA) is 93.1 Å². The predicted octanol–water partition coefficient (Wildman–Crippen LogP) is 3.96. The lowest BCUT2D eigenvalue weighted by atomic mass is 10.2. The molecule has 0 atom stereocenters. The molecular weight excluding hydrogens is 448 g/mol. The van der Waals surface area contributed by atoms with Gasteiger partial charge >= 0.3 is 6.03 Å². The number of benzene rings is 2. The minimum absolute atomic E-state index is 0.0502. The maximum absolute atomic E-state index is 13.2. The molecule has 2 aromatic carbocycles. The first-order chi connectivity index (χ1) is 15.5. The molecule has 0 saturated heterocycles. The summed E-state index contributed by atoms with van der Waals surface area (Å²) < 4.78 is 1.51. The average molecular weight is 471 g/mol. The Bertz CT molecular complexity index is 1210. The van der Waals surface area contributed by atoms with Crippen LogP contribution in [0.3, 0.4) is 0 Å². The quantitative estimate of drug-likeness (QED) is 0.420. The summed E-state index contributed by atoms with van der Waals surface area (Å²) in [6.07, 6.45) is 4.05. The van der Waals surface area contributed by atoms with Crippen molar-refractivity contribution in [2.45, 2.75) is 43.4 Å². The maximum atomic E-state index is 13.2. The van der Waals surface area contributed by atoms with Crippen LogP contribution in [-0.4, -0.2) is 33.3 Å². The summed E-state index contributed by atoms with van der Waals surface area (Å²) in [7, 11) is 0. The van der Waals surface area contributed by atoms with Crippen LogP contribution in [0.2, 0.25) is 5.02 Å². The largest absolute Gasteiger partial charge is 0.335 e. The fourth-order valence-electron chi connectivity index (χ4n) is 3.78. The van der Waals surface area contributed by atoms with E-state index in [4.69, 9.17) is 11.6 Å². The van der Waals surface area contributed by atoms with Gasteiger partial charge in [-0.25, -0.2) is 9.78 Å². The van der Waals surface area contributed by atoms with Crippen LogP contribution < -0.4 is 16.2 Å². The third kappa shape index (κ3) is 5.31. The predicted molar refractivity (Wildman–Crippen MR) is 126 cm³/mol. The average Bonchev–Trinajstić information content (AvgIpc) is 3.28. The van der Waals surface area contributed by atoms with Crippen LogP contribution in [0.1, 0.15) is 31.2 Å². The number of fused-ring (bicyclic) bond motifs is 1. The van der Waals surface area contributed by atoms with Gasteiger partial charge in [0.25, 0.3) is 5.56 Å². The van der Waals surface area contributed by atoms with Crippen molar-refractivity contribution in [2.75, 3.05) is 5.75 Å². The van der Waals surface area contributed by atoms with Gasteiger partial charge in [0.2, 0.25) is 5.91 Å². The minimum atomic E-state index is -0.484. The maximum Gasteiger partial charge on any atom is 0.321 e. The Kier molecular flexibility index (Phi) is 7.12. The van der Waals surface area contributed by atoms with Crippen molar-refractivity contribution in [2.24, 2.45) is 0 Å². The summed E-state index contributed by atoms with van der Waals surface area (Å²) in [5, 5.41) is 6.61. The van der Waals surface area contributed by atoms with Crippen LogP contribution in [0, 0.1) is 0 Å². The van der Waals surface area contributed by atoms with Crippen molar-refractivity contribution in [3.8, 4) is 0 Å². The van der Waals surface area contributed by atoms with Gasteiger partial charge in [-0.3, -0.25) is 19.5 Å². The number of rotatable bonds is 6. The van der Waals surface area contributed by atoms with Crippen LogP contribution in [0.5, 0.6) is 0 Å². The number of nitrogens with one attached hydrogen (secondary N) is 2. The standard InChI is InChI=1S/C23H23ClN4O3S/c24-18-11-5-1-7-15(18)13-28-21(30)17-10-4-6-12-19(17)26-23(28)32-14-20(29)27-22(31)25-16-8-2-3-9-16/h1,4-7,10-12,16H,2-3,8-9,13-14H2,(H2,25,27,29,31). The second kappa shape index (κ2) is 10.2. The number of hydrogen-bond acceptors (Lipinski definition) is 5. The van der Waals surface area contributed by atoms with Gasteiger partial charge in [0.05, 0.1) is 23.2 Å². The number of para-hydroxylation sites is 1. The van der Waals surface area contributed by atoms with Gasteiger partial charge in [0.1, 0.15) is 0 Å². The van der Waals surface area contributed by atoms with E-state index in [9.17, 15) is 14.4 Å². The molecule has 0 aliphatic heterocycles. The van der Waals surface area contributed by atoms with Gasteiger partial charge in [0, 0.05) is 11.1 Å². The SMILES string of the molecule is O=C(CSc1nc2ccccc2c(=O)n1Cc1ccccc1Cl)NC(=O)NC1CCCC1. The summed E-state index contributed by atoms with van der Waals surface area (Å²) in [5.74, 6) is -0.497. The number of imide groups is 1. The number of halogens is 1. The summed E-state index contributed by atoms with van der Waals surface area (Å²) in [6, 6.07) is 14.0. The van der Waals surface area contributed by atoms with Crippen molar-refractivity contribution in [1.82, 2.24) is 20.2 Å². The second-order valence-corrected chi connectivity index (χ2v) is 9.04. The Morgan fingerprint density at radius 1 is 1.09 bits per heavy atom. The molecule has 1 aromatic heterocycles. The molecule has 3 amide bonds. The highest BCUT2D eigenvalue weighted by Crippen LogP contribution is 2.22. The van der Waals surface area contributed by atoms with E-state index in [1.165, 1.54) is 4.57 Å². The molecule has 0 spiro atoms. The van der Waals surface area contributed by atoms with Gasteiger partial charge in [0.15, 0.2) is 5.16 Å². The van der Waals surface area contributed by atoms with Gasteiger partial charge < -0.3 is 5.32 Å². The molecule has 7 nitrogen and oxygen atoms in total. The number of hydrogen-bond donors (Lipinski definition) is 2. The Morgan fingerprint density at radius 3 is 2.59 bits per heavy atom. The fraction of sp³-hybridized carbons (Fsp3) is 0.304. The molecule has 9 heteroatoms. The molecule has 1 saturated carbocycles. The molecule has 32 heavy (non-hydrogen) atoms. The molecule has 166 valence electrons. The molecule has 1 fully saturated rings. The highest BCUT2D eigenvalue weighted by molar-refractivity contribution is 7.99. The number of aromatic nitrogens is 2. The first kappa shape index (κ1) is 22.4. The number of carbonyl (C=O) groups is 2. The zero-order chi connectivity index (χ0) is 22.5. The van der Waals surface area contributed by atoms with E-state index in [1.54, 1.807) is 24.3 Å². The molecule has 0 unspecified atom stereocenters. The fourth-order valence-corrected chi connectivity index (χ4v) is 4.77. The van der Waals surface area contributed by atoms with Crippen LogP contribution in [0.4, 0.5) is 4.79 Å². The van der Waals surface area contributed by atoms with Crippen LogP contribution in [0.25, 0.3) is 10.9 Å². The molecule has 1 aliphatic carbocycles. The lowest BCUT2D eigenvalue weighted by Gasteiger charge is -2.14. The van der Waals surface area contributed by atoms with E-state index in [0.717, 1.165) is 43.0 Å². The zero-order valence-corrected chi connectivity index (χ0v) is 18.9. The number of urea groups is 1. The van der Waals surface area contributed by atoms with E-state index in [2.05, 4.69) is 15.6 Å². The van der Waals surface area contributed by atoms with Crippen molar-refractivity contribution < 1.29 is 9.59 Å². The smallest absolute Gasteiger partial charge is 0.321 e. The molecule has 3 aromatic rings. The lowest BCUT2D eigenvalue weighted by molar-refractivity contribution is -0.117. The van der Waals surface area contributed by atoms with Crippen molar-refractivity contribution in [3.63, 3.8) is 0 Å². The Labute approximate surface area is 194 Å². The Balaban J connectivity index is 1.53. The van der Waals surface area contributed by atoms with Crippen LogP contribution in [-0.2, 0) is 11.3 Å². The molecule has 4 rings (SSSR count). The number of amides is 3. The molecule has 0 radical (unpaired) electrons. The van der Waals surface area contributed by atoms with E-state index < -0.39 is 11.9 Å². The third-order valence-electron chi connectivity index (χ3n) is 5.39. The summed E-state index contributed by atoms with van der Waals surface area (Å²) in [6.45, 7) is 0.225.